The highest BCUT2D eigenvalue weighted by Crippen LogP contribution is 2.31. The van der Waals surface area contributed by atoms with Crippen LogP contribution in [0.3, 0.4) is 0 Å². The summed E-state index contributed by atoms with van der Waals surface area (Å²) in [5, 5.41) is 0. The zero-order valence-corrected chi connectivity index (χ0v) is 9.22. The smallest absolute Gasteiger partial charge is 0.198 e. The van der Waals surface area contributed by atoms with Crippen molar-refractivity contribution in [2.24, 2.45) is 5.73 Å². The third-order valence-corrected chi connectivity index (χ3v) is 3.54. The minimum Gasteiger partial charge on any atom is -0.445 e. The Morgan fingerprint density at radius 2 is 2.64 bits per heavy atom. The fourth-order valence-electron chi connectivity index (χ4n) is 1.65. The van der Waals surface area contributed by atoms with E-state index < -0.39 is 0 Å². The molecule has 2 unspecified atom stereocenters. The van der Waals surface area contributed by atoms with Crippen LogP contribution in [-0.2, 0) is 6.42 Å². The molecule has 4 heteroatoms. The highest BCUT2D eigenvalue weighted by Gasteiger charge is 2.22. The van der Waals surface area contributed by atoms with Crippen molar-refractivity contribution >= 4 is 11.8 Å². The second-order valence-electron chi connectivity index (χ2n) is 3.91. The first kappa shape index (κ1) is 10.1. The van der Waals surface area contributed by atoms with Crippen molar-refractivity contribution in [1.29, 1.82) is 0 Å². The van der Waals surface area contributed by atoms with Crippen molar-refractivity contribution in [3.05, 3.63) is 17.8 Å². The molecule has 2 heterocycles. The summed E-state index contributed by atoms with van der Waals surface area (Å²) in [6, 6.07) is 0.147. The average molecular weight is 212 g/mol. The first-order valence-electron chi connectivity index (χ1n) is 5.03. The lowest BCUT2D eigenvalue weighted by molar-refractivity contribution is 0.421. The minimum absolute atomic E-state index is 0.147. The van der Waals surface area contributed by atoms with Gasteiger partial charge in [-0.15, -0.1) is 0 Å². The van der Waals surface area contributed by atoms with Crippen molar-refractivity contribution in [2.75, 3.05) is 11.5 Å². The van der Waals surface area contributed by atoms with Gasteiger partial charge in [0.1, 0.15) is 5.76 Å². The van der Waals surface area contributed by atoms with Gasteiger partial charge < -0.3 is 10.2 Å². The molecule has 1 fully saturated rings. The van der Waals surface area contributed by atoms with Crippen LogP contribution in [0.15, 0.2) is 10.6 Å². The summed E-state index contributed by atoms with van der Waals surface area (Å²) >= 11 is 1.98. The summed E-state index contributed by atoms with van der Waals surface area (Å²) < 4.78 is 5.67. The first-order chi connectivity index (χ1) is 6.75. The molecule has 2 N–H and O–H groups in total. The van der Waals surface area contributed by atoms with Crippen LogP contribution in [0.1, 0.15) is 30.9 Å². The molecular formula is C10H16N2OS. The third kappa shape index (κ3) is 2.30. The molecule has 1 aromatic heterocycles. The van der Waals surface area contributed by atoms with Gasteiger partial charge in [0.05, 0.1) is 6.20 Å². The lowest BCUT2D eigenvalue weighted by Gasteiger charge is -2.02. The van der Waals surface area contributed by atoms with E-state index in [1.54, 1.807) is 0 Å². The van der Waals surface area contributed by atoms with E-state index in [9.17, 15) is 0 Å². The summed E-state index contributed by atoms with van der Waals surface area (Å²) in [6.45, 7) is 1.98. The van der Waals surface area contributed by atoms with Crippen LogP contribution < -0.4 is 5.73 Å². The summed E-state index contributed by atoms with van der Waals surface area (Å²) in [6.07, 6.45) is 3.80. The van der Waals surface area contributed by atoms with E-state index in [-0.39, 0.29) is 6.04 Å². The zero-order valence-electron chi connectivity index (χ0n) is 8.40. The lowest BCUT2D eigenvalue weighted by Crippen LogP contribution is -2.17. The molecule has 0 spiro atoms. The molecule has 2 atom stereocenters. The molecule has 14 heavy (non-hydrogen) atoms. The summed E-state index contributed by atoms with van der Waals surface area (Å²) in [5.41, 5.74) is 5.70. The highest BCUT2D eigenvalue weighted by molar-refractivity contribution is 7.99. The van der Waals surface area contributed by atoms with Gasteiger partial charge in [0.25, 0.3) is 0 Å². The number of nitrogens with zero attached hydrogens (tertiary/aromatic N) is 1. The molecule has 1 aliphatic heterocycles. The number of thioether (sulfide) groups is 1. The van der Waals surface area contributed by atoms with Crippen molar-refractivity contribution < 1.29 is 4.42 Å². The molecule has 0 amide bonds. The maximum atomic E-state index is 5.70. The Balaban J connectivity index is 2.01. The Kier molecular flexibility index (Phi) is 3.13. The van der Waals surface area contributed by atoms with Crippen molar-refractivity contribution in [1.82, 2.24) is 4.98 Å². The second kappa shape index (κ2) is 4.36. The maximum absolute atomic E-state index is 5.70. The van der Waals surface area contributed by atoms with E-state index in [1.165, 1.54) is 12.2 Å². The van der Waals surface area contributed by atoms with Crippen LogP contribution in [0, 0.1) is 0 Å². The fourth-order valence-corrected chi connectivity index (χ4v) is 2.86. The summed E-state index contributed by atoms with van der Waals surface area (Å²) in [7, 11) is 0. The van der Waals surface area contributed by atoms with Crippen molar-refractivity contribution in [3.8, 4) is 0 Å². The molecule has 2 rings (SSSR count). The van der Waals surface area contributed by atoms with Crippen LogP contribution in [0.5, 0.6) is 0 Å². The molecule has 0 aromatic carbocycles. The average Bonchev–Trinajstić information content (AvgIpc) is 2.69. The van der Waals surface area contributed by atoms with Crippen LogP contribution in [0.2, 0.25) is 0 Å². The van der Waals surface area contributed by atoms with Gasteiger partial charge >= 0.3 is 0 Å². The molecule has 0 bridgehead atoms. The predicted molar refractivity (Wildman–Crippen MR) is 58.5 cm³/mol. The lowest BCUT2D eigenvalue weighted by atomic mass is 10.1. The molecule has 78 valence electrons. The fraction of sp³-hybridized carbons (Fsp3) is 0.700. The Hall–Kier alpha value is -0.480. The summed E-state index contributed by atoms with van der Waals surface area (Å²) in [4.78, 5) is 4.32. The molecular weight excluding hydrogens is 196 g/mol. The number of aromatic nitrogens is 1. The van der Waals surface area contributed by atoms with E-state index >= 15 is 0 Å². The van der Waals surface area contributed by atoms with Crippen LogP contribution in [-0.4, -0.2) is 22.5 Å². The Morgan fingerprint density at radius 3 is 3.29 bits per heavy atom. The number of oxazole rings is 1. The van der Waals surface area contributed by atoms with Gasteiger partial charge in [0, 0.05) is 24.1 Å². The quantitative estimate of drug-likeness (QED) is 0.830. The monoisotopic (exact) mass is 212 g/mol. The van der Waals surface area contributed by atoms with Crippen LogP contribution in [0.25, 0.3) is 0 Å². The van der Waals surface area contributed by atoms with Crippen LogP contribution in [0.4, 0.5) is 0 Å². The van der Waals surface area contributed by atoms with Gasteiger partial charge in [-0.2, -0.15) is 11.8 Å². The Bertz CT molecular complexity index is 292. The Labute approximate surface area is 88.5 Å². The Morgan fingerprint density at radius 1 is 1.79 bits per heavy atom. The topological polar surface area (TPSA) is 52.0 Å². The highest BCUT2D eigenvalue weighted by atomic mass is 32.2. The maximum Gasteiger partial charge on any atom is 0.198 e. The molecule has 1 aliphatic rings. The molecule has 0 radical (unpaired) electrons. The van der Waals surface area contributed by atoms with Gasteiger partial charge in [-0.05, 0) is 19.1 Å². The first-order valence-corrected chi connectivity index (χ1v) is 6.19. The molecule has 0 saturated carbocycles. The zero-order chi connectivity index (χ0) is 9.97. The normalized spacial score (nSPS) is 24.0. The predicted octanol–water partition coefficient (Wildman–Crippen LogP) is 1.78. The SMILES string of the molecule is CC(N)Cc1cnc(C2CCSC2)o1. The second-order valence-corrected chi connectivity index (χ2v) is 5.06. The van der Waals surface area contributed by atoms with E-state index in [1.807, 2.05) is 24.9 Å². The minimum atomic E-state index is 0.147. The molecule has 1 saturated heterocycles. The summed E-state index contributed by atoms with van der Waals surface area (Å²) in [5.74, 6) is 4.74. The van der Waals surface area contributed by atoms with Crippen molar-refractivity contribution in [3.63, 3.8) is 0 Å². The van der Waals surface area contributed by atoms with Gasteiger partial charge in [-0.3, -0.25) is 0 Å². The number of hydrogen-bond acceptors (Lipinski definition) is 4. The number of rotatable bonds is 3. The van der Waals surface area contributed by atoms with E-state index in [2.05, 4.69) is 4.98 Å². The van der Waals surface area contributed by atoms with Gasteiger partial charge in [-0.1, -0.05) is 0 Å². The van der Waals surface area contributed by atoms with Gasteiger partial charge in [0.2, 0.25) is 0 Å². The third-order valence-electron chi connectivity index (χ3n) is 2.37. The molecule has 0 aliphatic carbocycles. The van der Waals surface area contributed by atoms with E-state index in [0.717, 1.165) is 23.8 Å². The van der Waals surface area contributed by atoms with Crippen molar-refractivity contribution in [2.45, 2.75) is 31.7 Å². The molecule has 3 nitrogen and oxygen atoms in total. The molecule has 1 aromatic rings. The van der Waals surface area contributed by atoms with Gasteiger partial charge in [-0.25, -0.2) is 4.98 Å². The standard InChI is InChI=1S/C10H16N2OS/c1-7(11)4-9-5-12-10(13-9)8-2-3-14-6-8/h5,7-8H,2-4,6,11H2,1H3. The largest absolute Gasteiger partial charge is 0.445 e. The number of nitrogens with two attached hydrogens (primary N) is 1. The van der Waals surface area contributed by atoms with E-state index in [4.69, 9.17) is 10.2 Å². The van der Waals surface area contributed by atoms with Crippen LogP contribution >= 0.6 is 11.8 Å². The number of hydrogen-bond donors (Lipinski definition) is 1. The van der Waals surface area contributed by atoms with Gasteiger partial charge in [0.15, 0.2) is 5.89 Å². The van der Waals surface area contributed by atoms with E-state index in [0.29, 0.717) is 5.92 Å².